The highest BCUT2D eigenvalue weighted by Gasteiger charge is 2.25. The summed E-state index contributed by atoms with van der Waals surface area (Å²) in [6.07, 6.45) is 0. The summed E-state index contributed by atoms with van der Waals surface area (Å²) < 4.78 is 0. The van der Waals surface area contributed by atoms with Gasteiger partial charge in [-0.15, -0.1) is 24.8 Å². The Morgan fingerprint density at radius 2 is 1.90 bits per heavy atom. The van der Waals surface area contributed by atoms with E-state index in [1.165, 1.54) is 5.56 Å². The van der Waals surface area contributed by atoms with E-state index in [0.717, 1.165) is 12.2 Å². The van der Waals surface area contributed by atoms with Crippen LogP contribution in [0.4, 0.5) is 5.69 Å². The minimum absolute atomic E-state index is 0. The van der Waals surface area contributed by atoms with E-state index >= 15 is 0 Å². The molecule has 4 nitrogen and oxygen atoms in total. The number of nitrogens with one attached hydrogen (secondary N) is 1. The predicted molar refractivity (Wildman–Crippen MR) is 89.8 cm³/mol. The van der Waals surface area contributed by atoms with Gasteiger partial charge in [0.25, 0.3) is 0 Å². The second-order valence-electron chi connectivity index (χ2n) is 5.48. The van der Waals surface area contributed by atoms with Crippen molar-refractivity contribution in [3.8, 4) is 0 Å². The molecule has 0 spiro atoms. The number of hydrogen-bond donors (Lipinski definition) is 2. The van der Waals surface area contributed by atoms with Crippen molar-refractivity contribution in [3.63, 3.8) is 0 Å². The molecule has 0 heterocycles. The van der Waals surface area contributed by atoms with Crippen molar-refractivity contribution in [2.45, 2.75) is 20.4 Å². The maximum atomic E-state index is 12.0. The monoisotopic (exact) mass is 321 g/mol. The fourth-order valence-electron chi connectivity index (χ4n) is 1.51. The Hall–Kier alpha value is -0.810. The fraction of sp³-hybridized carbons (Fsp3) is 0.500. The van der Waals surface area contributed by atoms with Crippen LogP contribution in [-0.4, -0.2) is 31.4 Å². The molecule has 0 bridgehead atoms. The summed E-state index contributed by atoms with van der Waals surface area (Å²) in [5.41, 5.74) is 7.04. The number of benzene rings is 1. The lowest BCUT2D eigenvalue weighted by molar-refractivity contribution is -0.123. The van der Waals surface area contributed by atoms with Gasteiger partial charge in [0.1, 0.15) is 0 Å². The molecule has 116 valence electrons. The molecule has 0 aliphatic heterocycles. The first-order valence-corrected chi connectivity index (χ1v) is 6.10. The molecular weight excluding hydrogens is 297 g/mol. The molecule has 0 aliphatic carbocycles. The van der Waals surface area contributed by atoms with Gasteiger partial charge in [-0.05, 0) is 45.6 Å². The zero-order valence-electron chi connectivity index (χ0n) is 12.5. The first kappa shape index (κ1) is 21.5. The number of nitrogens with two attached hydrogens (primary N) is 1. The maximum absolute atomic E-state index is 12.0. The molecule has 1 aromatic carbocycles. The first-order valence-electron chi connectivity index (χ1n) is 6.10. The summed E-state index contributed by atoms with van der Waals surface area (Å²) >= 11 is 0. The zero-order valence-corrected chi connectivity index (χ0v) is 14.1. The molecule has 0 aromatic heterocycles. The highest BCUT2D eigenvalue weighted by Crippen LogP contribution is 2.18. The Kier molecular flexibility index (Phi) is 9.87. The van der Waals surface area contributed by atoms with Gasteiger partial charge in [0.05, 0.1) is 5.41 Å². The van der Waals surface area contributed by atoms with E-state index in [9.17, 15) is 4.79 Å². The molecule has 0 aliphatic rings. The van der Waals surface area contributed by atoms with Crippen LogP contribution in [0, 0.1) is 5.41 Å². The van der Waals surface area contributed by atoms with E-state index < -0.39 is 5.41 Å². The quantitative estimate of drug-likeness (QED) is 0.876. The minimum Gasteiger partial charge on any atom is -0.329 e. The van der Waals surface area contributed by atoms with Crippen LogP contribution in [0.15, 0.2) is 24.3 Å². The van der Waals surface area contributed by atoms with Gasteiger partial charge in [0.15, 0.2) is 0 Å². The molecular formula is C14H25Cl2N3O. The van der Waals surface area contributed by atoms with Crippen LogP contribution in [0.5, 0.6) is 0 Å². The molecule has 0 unspecified atom stereocenters. The van der Waals surface area contributed by atoms with Crippen LogP contribution in [0.2, 0.25) is 0 Å². The third-order valence-corrected chi connectivity index (χ3v) is 2.81. The van der Waals surface area contributed by atoms with Gasteiger partial charge >= 0.3 is 0 Å². The van der Waals surface area contributed by atoms with Crippen LogP contribution in [0.25, 0.3) is 0 Å². The smallest absolute Gasteiger partial charge is 0.231 e. The summed E-state index contributed by atoms with van der Waals surface area (Å²) in [6, 6.07) is 7.88. The largest absolute Gasteiger partial charge is 0.329 e. The number of halogens is 2. The number of hydrogen-bond acceptors (Lipinski definition) is 3. The van der Waals surface area contributed by atoms with E-state index in [-0.39, 0.29) is 30.7 Å². The van der Waals surface area contributed by atoms with E-state index in [2.05, 4.69) is 10.2 Å². The molecule has 6 heteroatoms. The van der Waals surface area contributed by atoms with Crippen LogP contribution < -0.4 is 11.1 Å². The second-order valence-corrected chi connectivity index (χ2v) is 5.48. The molecule has 1 rings (SSSR count). The molecule has 0 atom stereocenters. The highest BCUT2D eigenvalue weighted by molar-refractivity contribution is 5.95. The molecule has 0 fully saturated rings. The lowest BCUT2D eigenvalue weighted by Gasteiger charge is -2.21. The van der Waals surface area contributed by atoms with Gasteiger partial charge in [-0.3, -0.25) is 4.79 Å². The standard InChI is InChI=1S/C14H23N3O.2ClH/c1-14(2,10-15)13(18)16-12-7-5-6-11(8-12)9-17(3)4;;/h5-8H,9-10,15H2,1-4H3,(H,16,18);2*1H. The van der Waals surface area contributed by atoms with E-state index in [1.807, 2.05) is 52.2 Å². The fourth-order valence-corrected chi connectivity index (χ4v) is 1.51. The van der Waals surface area contributed by atoms with Gasteiger partial charge in [-0.1, -0.05) is 12.1 Å². The van der Waals surface area contributed by atoms with E-state index in [1.54, 1.807) is 0 Å². The first-order chi connectivity index (χ1) is 8.35. The molecule has 0 saturated heterocycles. The normalized spacial score (nSPS) is 10.5. The Morgan fingerprint density at radius 3 is 2.40 bits per heavy atom. The summed E-state index contributed by atoms with van der Waals surface area (Å²) in [6.45, 7) is 4.86. The number of carbonyl (C=O) groups is 1. The number of carbonyl (C=O) groups excluding carboxylic acids is 1. The SMILES string of the molecule is CN(C)Cc1cccc(NC(=O)C(C)(C)CN)c1.Cl.Cl. The highest BCUT2D eigenvalue weighted by atomic mass is 35.5. The molecule has 0 saturated carbocycles. The topological polar surface area (TPSA) is 58.4 Å². The van der Waals surface area contributed by atoms with Crippen molar-refractivity contribution >= 4 is 36.4 Å². The van der Waals surface area contributed by atoms with Crippen molar-refractivity contribution in [1.82, 2.24) is 4.90 Å². The average Bonchev–Trinajstić information content (AvgIpc) is 2.28. The van der Waals surface area contributed by atoms with Crippen LogP contribution in [0.1, 0.15) is 19.4 Å². The molecule has 1 aromatic rings. The third kappa shape index (κ3) is 6.57. The Bertz CT molecular complexity index is 423. The van der Waals surface area contributed by atoms with E-state index in [4.69, 9.17) is 5.73 Å². The lowest BCUT2D eigenvalue weighted by atomic mass is 9.92. The van der Waals surface area contributed by atoms with Crippen molar-refractivity contribution in [3.05, 3.63) is 29.8 Å². The van der Waals surface area contributed by atoms with Crippen LogP contribution in [0.3, 0.4) is 0 Å². The van der Waals surface area contributed by atoms with Crippen molar-refractivity contribution in [1.29, 1.82) is 0 Å². The maximum Gasteiger partial charge on any atom is 0.231 e. The van der Waals surface area contributed by atoms with Crippen LogP contribution in [-0.2, 0) is 11.3 Å². The summed E-state index contributed by atoms with van der Waals surface area (Å²) in [4.78, 5) is 14.1. The van der Waals surface area contributed by atoms with Crippen molar-refractivity contribution in [2.75, 3.05) is 26.0 Å². The summed E-state index contributed by atoms with van der Waals surface area (Å²) in [5.74, 6) is -0.0491. The minimum atomic E-state index is -0.544. The number of amides is 1. The second kappa shape index (κ2) is 9.19. The summed E-state index contributed by atoms with van der Waals surface area (Å²) in [7, 11) is 4.03. The predicted octanol–water partition coefficient (Wildman–Crippen LogP) is 2.52. The Labute approximate surface area is 133 Å². The Balaban J connectivity index is 0. The zero-order chi connectivity index (χ0) is 13.8. The van der Waals surface area contributed by atoms with Gasteiger partial charge in [0.2, 0.25) is 5.91 Å². The third-order valence-electron chi connectivity index (χ3n) is 2.81. The number of nitrogens with zero attached hydrogens (tertiary/aromatic N) is 1. The Morgan fingerprint density at radius 1 is 1.30 bits per heavy atom. The number of rotatable bonds is 5. The van der Waals surface area contributed by atoms with Crippen molar-refractivity contribution in [2.24, 2.45) is 11.1 Å². The average molecular weight is 322 g/mol. The van der Waals surface area contributed by atoms with Crippen molar-refractivity contribution < 1.29 is 4.79 Å². The molecule has 3 N–H and O–H groups in total. The van der Waals surface area contributed by atoms with Gasteiger partial charge in [-0.2, -0.15) is 0 Å². The van der Waals surface area contributed by atoms with Gasteiger partial charge in [0, 0.05) is 18.8 Å². The van der Waals surface area contributed by atoms with Gasteiger partial charge < -0.3 is 16.0 Å². The van der Waals surface area contributed by atoms with Crippen LogP contribution >= 0.6 is 24.8 Å². The molecule has 20 heavy (non-hydrogen) atoms. The van der Waals surface area contributed by atoms with Gasteiger partial charge in [-0.25, -0.2) is 0 Å². The van der Waals surface area contributed by atoms with E-state index in [0.29, 0.717) is 6.54 Å². The number of anilines is 1. The lowest BCUT2D eigenvalue weighted by Crippen LogP contribution is -2.37. The molecule has 1 amide bonds. The molecule has 0 radical (unpaired) electrons. The summed E-state index contributed by atoms with van der Waals surface area (Å²) in [5, 5.41) is 2.91.